The van der Waals surface area contributed by atoms with Gasteiger partial charge in [-0.15, -0.1) is 0 Å². The van der Waals surface area contributed by atoms with E-state index < -0.39 is 11.9 Å². The van der Waals surface area contributed by atoms with E-state index in [1.165, 1.54) is 5.57 Å². The van der Waals surface area contributed by atoms with Gasteiger partial charge in [0.1, 0.15) is 0 Å². The van der Waals surface area contributed by atoms with Crippen molar-refractivity contribution in [1.82, 2.24) is 0 Å². The molecule has 18 heavy (non-hydrogen) atoms. The summed E-state index contributed by atoms with van der Waals surface area (Å²) >= 11 is 0. The van der Waals surface area contributed by atoms with Crippen molar-refractivity contribution in [3.8, 4) is 0 Å². The number of hydrogen-bond donors (Lipinski definition) is 0. The minimum Gasteiger partial charge on any atom is -0.393 e. The topological polar surface area (TPSA) is 43.4 Å². The lowest BCUT2D eigenvalue weighted by molar-refractivity contribution is -0.152. The second-order valence-electron chi connectivity index (χ2n) is 5.99. The van der Waals surface area contributed by atoms with Crippen LogP contribution in [-0.2, 0) is 14.3 Å². The molecule has 0 aliphatic carbocycles. The van der Waals surface area contributed by atoms with E-state index in [0.29, 0.717) is 5.92 Å². The molecule has 3 nitrogen and oxygen atoms in total. The van der Waals surface area contributed by atoms with Gasteiger partial charge in [-0.3, -0.25) is 9.59 Å². The number of hydrogen-bond acceptors (Lipinski definition) is 3. The molecule has 0 aromatic carbocycles. The number of ether oxygens (including phenoxy) is 1. The molecule has 1 aliphatic rings. The lowest BCUT2D eigenvalue weighted by Gasteiger charge is -2.30. The molecule has 1 aliphatic heterocycles. The van der Waals surface area contributed by atoms with Crippen LogP contribution in [0.4, 0.5) is 0 Å². The van der Waals surface area contributed by atoms with E-state index in [4.69, 9.17) is 0 Å². The van der Waals surface area contributed by atoms with Gasteiger partial charge in [0.25, 0.3) is 0 Å². The standard InChI is InChI=1S/C15H24O3/c1-6-10(7-2)12(15(3,4)5)8-11-9-13(16)18-14(11)17/h8,10-11H,6-7,9H2,1-5H3. The fourth-order valence-corrected chi connectivity index (χ4v) is 2.56. The Balaban J connectivity index is 3.03. The molecular weight excluding hydrogens is 228 g/mol. The second kappa shape index (κ2) is 5.68. The van der Waals surface area contributed by atoms with Gasteiger partial charge in [-0.05, 0) is 24.2 Å². The molecule has 0 aromatic heterocycles. The minimum absolute atomic E-state index is 0.0165. The van der Waals surface area contributed by atoms with Gasteiger partial charge in [-0.25, -0.2) is 0 Å². The Morgan fingerprint density at radius 3 is 2.22 bits per heavy atom. The van der Waals surface area contributed by atoms with Crippen LogP contribution in [0, 0.1) is 17.3 Å². The fourth-order valence-electron chi connectivity index (χ4n) is 2.56. The molecular formula is C15H24O3. The average Bonchev–Trinajstić information content (AvgIpc) is 2.56. The SMILES string of the molecule is CCC(CC)C(=CC1CC(=O)OC1=O)C(C)(C)C. The summed E-state index contributed by atoms with van der Waals surface area (Å²) in [5, 5.41) is 0. The van der Waals surface area contributed by atoms with Crippen LogP contribution >= 0.6 is 0 Å². The summed E-state index contributed by atoms with van der Waals surface area (Å²) in [6.45, 7) is 10.8. The highest BCUT2D eigenvalue weighted by Gasteiger charge is 2.34. The zero-order valence-corrected chi connectivity index (χ0v) is 12.1. The predicted molar refractivity (Wildman–Crippen MR) is 70.8 cm³/mol. The van der Waals surface area contributed by atoms with Crippen molar-refractivity contribution < 1.29 is 14.3 Å². The highest BCUT2D eigenvalue weighted by atomic mass is 16.6. The van der Waals surface area contributed by atoms with Crippen LogP contribution in [0.25, 0.3) is 0 Å². The minimum atomic E-state index is -0.404. The Kier molecular flexibility index (Phi) is 4.71. The number of carbonyl (C=O) groups excluding carboxylic acids is 2. The fraction of sp³-hybridized carbons (Fsp3) is 0.733. The molecule has 102 valence electrons. The molecule has 1 rings (SSSR count). The highest BCUT2D eigenvalue weighted by molar-refractivity contribution is 5.95. The van der Waals surface area contributed by atoms with Crippen LogP contribution < -0.4 is 0 Å². The first-order chi connectivity index (χ1) is 8.29. The maximum atomic E-state index is 11.6. The van der Waals surface area contributed by atoms with E-state index in [1.54, 1.807) is 0 Å². The third-order valence-electron chi connectivity index (χ3n) is 3.58. The largest absolute Gasteiger partial charge is 0.393 e. The van der Waals surface area contributed by atoms with Crippen LogP contribution in [0.15, 0.2) is 11.6 Å². The molecule has 0 bridgehead atoms. The molecule has 0 N–H and O–H groups in total. The van der Waals surface area contributed by atoms with Gasteiger partial charge >= 0.3 is 11.9 Å². The maximum absolute atomic E-state index is 11.6. The first kappa shape index (κ1) is 14.9. The lowest BCUT2D eigenvalue weighted by atomic mass is 9.75. The van der Waals surface area contributed by atoms with E-state index in [0.717, 1.165) is 12.8 Å². The van der Waals surface area contributed by atoms with E-state index in [-0.39, 0.29) is 17.8 Å². The predicted octanol–water partition coefficient (Wildman–Crippen LogP) is 3.48. The van der Waals surface area contributed by atoms with Crippen LogP contribution in [-0.4, -0.2) is 11.9 Å². The smallest absolute Gasteiger partial charge is 0.321 e. The molecule has 1 atom stereocenters. The Labute approximate surface area is 110 Å². The monoisotopic (exact) mass is 252 g/mol. The summed E-state index contributed by atoms with van der Waals surface area (Å²) in [5.74, 6) is -0.715. The highest BCUT2D eigenvalue weighted by Crippen LogP contribution is 2.37. The number of esters is 2. The summed E-state index contributed by atoms with van der Waals surface area (Å²) in [5.41, 5.74) is 1.28. The Hall–Kier alpha value is -1.12. The first-order valence-corrected chi connectivity index (χ1v) is 6.76. The van der Waals surface area contributed by atoms with Crippen LogP contribution in [0.3, 0.4) is 0 Å². The zero-order valence-electron chi connectivity index (χ0n) is 12.1. The van der Waals surface area contributed by atoms with Crippen molar-refractivity contribution in [2.24, 2.45) is 17.3 Å². The molecule has 0 aromatic rings. The van der Waals surface area contributed by atoms with E-state index in [9.17, 15) is 9.59 Å². The van der Waals surface area contributed by atoms with Crippen LogP contribution in [0.2, 0.25) is 0 Å². The summed E-state index contributed by atoms with van der Waals surface area (Å²) in [7, 11) is 0. The number of rotatable bonds is 4. The number of allylic oxidation sites excluding steroid dienone is 1. The summed E-state index contributed by atoms with van der Waals surface area (Å²) in [6, 6.07) is 0. The van der Waals surface area contributed by atoms with Crippen molar-refractivity contribution in [1.29, 1.82) is 0 Å². The van der Waals surface area contributed by atoms with Crippen LogP contribution in [0.5, 0.6) is 0 Å². The van der Waals surface area contributed by atoms with Crippen molar-refractivity contribution >= 4 is 11.9 Å². The van der Waals surface area contributed by atoms with Crippen molar-refractivity contribution in [2.45, 2.75) is 53.9 Å². The molecule has 1 saturated heterocycles. The van der Waals surface area contributed by atoms with Crippen molar-refractivity contribution in [2.75, 3.05) is 0 Å². The molecule has 0 amide bonds. The Bertz CT molecular complexity index is 356. The zero-order chi connectivity index (χ0) is 13.9. The normalized spacial score (nSPS) is 21.7. The van der Waals surface area contributed by atoms with Gasteiger partial charge in [0, 0.05) is 0 Å². The van der Waals surface area contributed by atoms with Crippen molar-refractivity contribution in [3.05, 3.63) is 11.6 Å². The maximum Gasteiger partial charge on any atom is 0.321 e. The van der Waals surface area contributed by atoms with Gasteiger partial charge in [-0.2, -0.15) is 0 Å². The average molecular weight is 252 g/mol. The molecule has 3 heteroatoms. The summed E-state index contributed by atoms with van der Waals surface area (Å²) < 4.78 is 4.61. The van der Waals surface area contributed by atoms with Gasteiger partial charge in [0.05, 0.1) is 12.3 Å². The second-order valence-corrected chi connectivity index (χ2v) is 5.99. The summed E-state index contributed by atoms with van der Waals surface area (Å²) in [6.07, 6.45) is 4.27. The lowest BCUT2D eigenvalue weighted by Crippen LogP contribution is -2.20. The molecule has 0 radical (unpaired) electrons. The van der Waals surface area contributed by atoms with E-state index in [2.05, 4.69) is 39.4 Å². The molecule has 0 saturated carbocycles. The van der Waals surface area contributed by atoms with E-state index in [1.807, 2.05) is 6.08 Å². The van der Waals surface area contributed by atoms with Crippen molar-refractivity contribution in [3.63, 3.8) is 0 Å². The Morgan fingerprint density at radius 1 is 1.33 bits per heavy atom. The third kappa shape index (κ3) is 3.44. The molecule has 1 unspecified atom stereocenters. The van der Waals surface area contributed by atoms with Gasteiger partial charge in [0.15, 0.2) is 0 Å². The van der Waals surface area contributed by atoms with Gasteiger partial charge < -0.3 is 4.74 Å². The van der Waals surface area contributed by atoms with E-state index >= 15 is 0 Å². The van der Waals surface area contributed by atoms with Crippen LogP contribution in [0.1, 0.15) is 53.9 Å². The molecule has 0 spiro atoms. The first-order valence-electron chi connectivity index (χ1n) is 6.76. The quantitative estimate of drug-likeness (QED) is 0.437. The Morgan fingerprint density at radius 2 is 1.89 bits per heavy atom. The molecule has 1 fully saturated rings. The third-order valence-corrected chi connectivity index (χ3v) is 3.58. The van der Waals surface area contributed by atoms with Gasteiger partial charge in [-0.1, -0.05) is 46.3 Å². The van der Waals surface area contributed by atoms with Gasteiger partial charge in [0.2, 0.25) is 0 Å². The molecule has 1 heterocycles. The summed E-state index contributed by atoms with van der Waals surface area (Å²) in [4.78, 5) is 22.7. The number of carbonyl (C=O) groups is 2. The number of cyclic esters (lactones) is 2.